The molecule has 2 aromatic rings. The molecule has 98 valence electrons. The van der Waals surface area contributed by atoms with Crippen LogP contribution >= 0.6 is 23.2 Å². The summed E-state index contributed by atoms with van der Waals surface area (Å²) >= 11 is 11.7. The number of nitrogens with one attached hydrogen (secondary N) is 1. The molecule has 0 fully saturated rings. The highest BCUT2D eigenvalue weighted by Crippen LogP contribution is 2.26. The van der Waals surface area contributed by atoms with E-state index in [2.05, 4.69) is 5.32 Å². The minimum Gasteiger partial charge on any atom is -0.399 e. The first-order valence-corrected chi connectivity index (χ1v) is 6.05. The van der Waals surface area contributed by atoms with Gasteiger partial charge in [-0.25, -0.2) is 4.39 Å². The SMILES string of the molecule is Nc1ccc(NC(=O)c2cccc(Cl)c2Cl)c(F)c1. The summed E-state index contributed by atoms with van der Waals surface area (Å²) in [5.74, 6) is -1.16. The number of anilines is 2. The van der Waals surface area contributed by atoms with Gasteiger partial charge in [-0.3, -0.25) is 4.79 Å². The van der Waals surface area contributed by atoms with E-state index in [1.165, 1.54) is 18.2 Å². The fourth-order valence-electron chi connectivity index (χ4n) is 1.50. The van der Waals surface area contributed by atoms with Crippen LogP contribution in [0.4, 0.5) is 15.8 Å². The lowest BCUT2D eigenvalue weighted by atomic mass is 10.2. The number of hydrogen-bond acceptors (Lipinski definition) is 2. The third-order valence-corrected chi connectivity index (χ3v) is 3.26. The van der Waals surface area contributed by atoms with Gasteiger partial charge in [0.05, 0.1) is 21.3 Å². The van der Waals surface area contributed by atoms with Crippen molar-refractivity contribution in [2.75, 3.05) is 11.1 Å². The molecule has 0 aromatic heterocycles. The minimum absolute atomic E-state index is 0.0234. The first kappa shape index (κ1) is 13.6. The lowest BCUT2D eigenvalue weighted by molar-refractivity contribution is 0.102. The summed E-state index contributed by atoms with van der Waals surface area (Å²) in [5.41, 5.74) is 5.89. The molecule has 3 nitrogen and oxygen atoms in total. The molecule has 19 heavy (non-hydrogen) atoms. The highest BCUT2D eigenvalue weighted by molar-refractivity contribution is 6.44. The number of hydrogen-bond donors (Lipinski definition) is 2. The second-order valence-corrected chi connectivity index (χ2v) is 4.58. The smallest absolute Gasteiger partial charge is 0.257 e. The van der Waals surface area contributed by atoms with Crippen LogP contribution in [0.3, 0.4) is 0 Å². The van der Waals surface area contributed by atoms with Crippen LogP contribution in [0.2, 0.25) is 10.0 Å². The predicted molar refractivity (Wildman–Crippen MR) is 75.2 cm³/mol. The van der Waals surface area contributed by atoms with E-state index >= 15 is 0 Å². The molecule has 2 rings (SSSR count). The second kappa shape index (κ2) is 5.47. The molecule has 0 atom stereocenters. The summed E-state index contributed by atoms with van der Waals surface area (Å²) in [4.78, 5) is 12.0. The van der Waals surface area contributed by atoms with Crippen LogP contribution in [0.25, 0.3) is 0 Å². The Morgan fingerprint density at radius 2 is 1.95 bits per heavy atom. The Labute approximate surface area is 119 Å². The fourth-order valence-corrected chi connectivity index (χ4v) is 1.89. The van der Waals surface area contributed by atoms with Crippen molar-refractivity contribution in [1.29, 1.82) is 0 Å². The number of benzene rings is 2. The van der Waals surface area contributed by atoms with Gasteiger partial charge < -0.3 is 11.1 Å². The Kier molecular flexibility index (Phi) is 3.93. The molecule has 0 aliphatic rings. The topological polar surface area (TPSA) is 55.1 Å². The summed E-state index contributed by atoms with van der Waals surface area (Å²) in [5, 5.41) is 2.79. The fraction of sp³-hybridized carbons (Fsp3) is 0. The van der Waals surface area contributed by atoms with Gasteiger partial charge in [-0.2, -0.15) is 0 Å². The highest BCUT2D eigenvalue weighted by Gasteiger charge is 2.14. The molecule has 0 saturated carbocycles. The standard InChI is InChI=1S/C13H9Cl2FN2O/c14-9-3-1-2-8(12(9)15)13(19)18-11-5-4-7(17)6-10(11)16/h1-6H,17H2,(H,18,19). The quantitative estimate of drug-likeness (QED) is 0.824. The Balaban J connectivity index is 2.28. The van der Waals surface area contributed by atoms with Gasteiger partial charge in [0, 0.05) is 5.69 Å². The molecule has 3 N–H and O–H groups in total. The van der Waals surface area contributed by atoms with Crippen molar-refractivity contribution in [3.05, 3.63) is 57.8 Å². The van der Waals surface area contributed by atoms with Crippen LogP contribution in [0.5, 0.6) is 0 Å². The largest absolute Gasteiger partial charge is 0.399 e. The van der Waals surface area contributed by atoms with E-state index in [0.29, 0.717) is 0 Å². The van der Waals surface area contributed by atoms with Crippen LogP contribution in [0.15, 0.2) is 36.4 Å². The van der Waals surface area contributed by atoms with Crippen molar-refractivity contribution in [1.82, 2.24) is 0 Å². The van der Waals surface area contributed by atoms with Gasteiger partial charge in [0.1, 0.15) is 5.82 Å². The molecular weight excluding hydrogens is 290 g/mol. The zero-order valence-corrected chi connectivity index (χ0v) is 11.1. The lowest BCUT2D eigenvalue weighted by Crippen LogP contribution is -2.13. The van der Waals surface area contributed by atoms with Gasteiger partial charge in [0.15, 0.2) is 0 Å². The van der Waals surface area contributed by atoms with Crippen molar-refractivity contribution in [2.45, 2.75) is 0 Å². The van der Waals surface area contributed by atoms with E-state index in [1.54, 1.807) is 12.1 Å². The summed E-state index contributed by atoms with van der Waals surface area (Å²) in [6.45, 7) is 0. The van der Waals surface area contributed by atoms with Gasteiger partial charge in [-0.05, 0) is 30.3 Å². The Hall–Kier alpha value is -1.78. The van der Waals surface area contributed by atoms with Crippen molar-refractivity contribution >= 4 is 40.5 Å². The van der Waals surface area contributed by atoms with E-state index in [0.717, 1.165) is 6.07 Å². The third-order valence-electron chi connectivity index (χ3n) is 2.44. The molecule has 1 amide bonds. The minimum atomic E-state index is -0.619. The van der Waals surface area contributed by atoms with Gasteiger partial charge in [0.2, 0.25) is 0 Å². The first-order valence-electron chi connectivity index (χ1n) is 5.29. The summed E-state index contributed by atoms with van der Waals surface area (Å²) in [6, 6.07) is 8.63. The second-order valence-electron chi connectivity index (χ2n) is 3.79. The maximum absolute atomic E-state index is 13.6. The van der Waals surface area contributed by atoms with E-state index in [9.17, 15) is 9.18 Å². The normalized spacial score (nSPS) is 10.3. The molecule has 0 heterocycles. The average Bonchev–Trinajstić information content (AvgIpc) is 2.36. The number of halogens is 3. The summed E-state index contributed by atoms with van der Waals surface area (Å²) in [7, 11) is 0. The zero-order valence-electron chi connectivity index (χ0n) is 9.58. The number of nitrogens with two attached hydrogens (primary N) is 1. The van der Waals surface area contributed by atoms with Crippen molar-refractivity contribution < 1.29 is 9.18 Å². The maximum atomic E-state index is 13.6. The van der Waals surface area contributed by atoms with E-state index in [1.807, 2.05) is 0 Å². The Morgan fingerprint density at radius 3 is 2.63 bits per heavy atom. The number of carbonyl (C=O) groups is 1. The van der Waals surface area contributed by atoms with Crippen LogP contribution in [-0.2, 0) is 0 Å². The van der Waals surface area contributed by atoms with Crippen molar-refractivity contribution in [2.24, 2.45) is 0 Å². The summed E-state index contributed by atoms with van der Waals surface area (Å²) < 4.78 is 13.6. The highest BCUT2D eigenvalue weighted by atomic mass is 35.5. The molecular formula is C13H9Cl2FN2O. The molecule has 0 spiro atoms. The summed E-state index contributed by atoms with van der Waals surface area (Å²) in [6.07, 6.45) is 0. The maximum Gasteiger partial charge on any atom is 0.257 e. The monoisotopic (exact) mass is 298 g/mol. The molecule has 0 unspecified atom stereocenters. The zero-order chi connectivity index (χ0) is 14.0. The van der Waals surface area contributed by atoms with Crippen LogP contribution in [0.1, 0.15) is 10.4 Å². The van der Waals surface area contributed by atoms with Gasteiger partial charge >= 0.3 is 0 Å². The average molecular weight is 299 g/mol. The van der Waals surface area contributed by atoms with Crippen LogP contribution in [0, 0.1) is 5.82 Å². The Bertz CT molecular complexity index is 647. The van der Waals surface area contributed by atoms with Crippen LogP contribution in [-0.4, -0.2) is 5.91 Å². The molecule has 6 heteroatoms. The molecule has 0 saturated heterocycles. The van der Waals surface area contributed by atoms with E-state index in [-0.39, 0.29) is 27.0 Å². The number of amides is 1. The van der Waals surface area contributed by atoms with Gasteiger partial charge in [-0.15, -0.1) is 0 Å². The molecule has 0 aliphatic carbocycles. The predicted octanol–water partition coefficient (Wildman–Crippen LogP) is 3.97. The molecule has 0 radical (unpaired) electrons. The van der Waals surface area contributed by atoms with Crippen molar-refractivity contribution in [3.63, 3.8) is 0 Å². The molecule has 0 aliphatic heterocycles. The van der Waals surface area contributed by atoms with E-state index in [4.69, 9.17) is 28.9 Å². The lowest BCUT2D eigenvalue weighted by Gasteiger charge is -2.08. The van der Waals surface area contributed by atoms with Crippen LogP contribution < -0.4 is 11.1 Å². The van der Waals surface area contributed by atoms with Crippen molar-refractivity contribution in [3.8, 4) is 0 Å². The number of rotatable bonds is 2. The number of nitrogen functional groups attached to an aromatic ring is 1. The third kappa shape index (κ3) is 2.97. The number of carbonyl (C=O) groups excluding carboxylic acids is 1. The van der Waals surface area contributed by atoms with Gasteiger partial charge in [0.25, 0.3) is 5.91 Å². The Morgan fingerprint density at radius 1 is 1.21 bits per heavy atom. The van der Waals surface area contributed by atoms with E-state index < -0.39 is 11.7 Å². The van der Waals surface area contributed by atoms with Gasteiger partial charge in [-0.1, -0.05) is 29.3 Å². The molecule has 2 aromatic carbocycles. The molecule has 0 bridgehead atoms. The first-order chi connectivity index (χ1) is 8.99.